The van der Waals surface area contributed by atoms with Crippen LogP contribution in [0.25, 0.3) is 0 Å². The van der Waals surface area contributed by atoms with E-state index in [9.17, 15) is 14.0 Å². The molecule has 0 aliphatic heterocycles. The maximum atomic E-state index is 13.5. The van der Waals surface area contributed by atoms with Crippen LogP contribution in [0.15, 0.2) is 60.0 Å². The van der Waals surface area contributed by atoms with Gasteiger partial charge in [0.05, 0.1) is 6.54 Å². The molecule has 7 heteroatoms. The number of rotatable bonds is 9. The molecule has 3 rings (SSSR count). The van der Waals surface area contributed by atoms with E-state index in [1.54, 1.807) is 57.5 Å². The van der Waals surface area contributed by atoms with E-state index in [1.807, 2.05) is 32.2 Å². The standard InChI is InChI=1S/C26H28ClFN2O2S/c1-4-19(3)30(26(32)21-7-9-22(27)10-8-21)17-25(31)29(16-24-18(2)13-14-33-24)15-20-5-11-23(28)12-6-20/h5-14,19H,4,15-17H2,1-3H3. The second-order valence-electron chi connectivity index (χ2n) is 8.10. The molecule has 0 radical (unpaired) electrons. The molecule has 4 nitrogen and oxygen atoms in total. The third-order valence-corrected chi connectivity index (χ3v) is 6.98. The molecule has 0 saturated carbocycles. The highest BCUT2D eigenvalue weighted by Crippen LogP contribution is 2.21. The van der Waals surface area contributed by atoms with Gasteiger partial charge in [-0.25, -0.2) is 4.39 Å². The normalized spacial score (nSPS) is 11.8. The Morgan fingerprint density at radius 1 is 1.03 bits per heavy atom. The average molecular weight is 487 g/mol. The van der Waals surface area contributed by atoms with Crippen molar-refractivity contribution < 1.29 is 14.0 Å². The Kier molecular flexibility index (Phi) is 8.64. The fourth-order valence-electron chi connectivity index (χ4n) is 3.43. The van der Waals surface area contributed by atoms with Crippen LogP contribution in [0.4, 0.5) is 4.39 Å². The number of halogens is 2. The summed E-state index contributed by atoms with van der Waals surface area (Å²) in [5, 5.41) is 2.55. The molecule has 0 bridgehead atoms. The summed E-state index contributed by atoms with van der Waals surface area (Å²) in [6.45, 7) is 6.67. The van der Waals surface area contributed by atoms with Crippen LogP contribution in [0.2, 0.25) is 5.02 Å². The number of carbonyl (C=O) groups excluding carboxylic acids is 2. The summed E-state index contributed by atoms with van der Waals surface area (Å²) < 4.78 is 13.4. The van der Waals surface area contributed by atoms with Crippen molar-refractivity contribution >= 4 is 34.8 Å². The average Bonchev–Trinajstić information content (AvgIpc) is 3.22. The van der Waals surface area contributed by atoms with Gasteiger partial charge < -0.3 is 9.80 Å². The van der Waals surface area contributed by atoms with Crippen molar-refractivity contribution in [3.8, 4) is 0 Å². The summed E-state index contributed by atoms with van der Waals surface area (Å²) in [6, 6.07) is 14.8. The van der Waals surface area contributed by atoms with E-state index in [-0.39, 0.29) is 30.2 Å². The molecule has 2 aromatic carbocycles. The van der Waals surface area contributed by atoms with Crippen molar-refractivity contribution in [3.05, 3.63) is 92.4 Å². The maximum absolute atomic E-state index is 13.5. The molecule has 0 spiro atoms. The number of hydrogen-bond donors (Lipinski definition) is 0. The van der Waals surface area contributed by atoms with E-state index in [2.05, 4.69) is 0 Å². The Balaban J connectivity index is 1.84. The summed E-state index contributed by atoms with van der Waals surface area (Å²) in [5.74, 6) is -0.680. The minimum absolute atomic E-state index is 0.0396. The number of hydrogen-bond acceptors (Lipinski definition) is 3. The van der Waals surface area contributed by atoms with Crippen LogP contribution in [0.3, 0.4) is 0 Å². The van der Waals surface area contributed by atoms with Crippen LogP contribution < -0.4 is 0 Å². The summed E-state index contributed by atoms with van der Waals surface area (Å²) in [4.78, 5) is 31.2. The molecule has 0 aliphatic rings. The number of aryl methyl sites for hydroxylation is 1. The molecule has 2 amide bonds. The van der Waals surface area contributed by atoms with Crippen LogP contribution in [-0.4, -0.2) is 34.2 Å². The molecular weight excluding hydrogens is 459 g/mol. The van der Waals surface area contributed by atoms with Gasteiger partial charge >= 0.3 is 0 Å². The number of amides is 2. The molecule has 1 heterocycles. The van der Waals surface area contributed by atoms with Crippen LogP contribution in [0.5, 0.6) is 0 Å². The van der Waals surface area contributed by atoms with E-state index in [1.165, 1.54) is 12.1 Å². The van der Waals surface area contributed by atoms with Crippen molar-refractivity contribution in [1.29, 1.82) is 0 Å². The summed E-state index contributed by atoms with van der Waals surface area (Å²) >= 11 is 7.57. The summed E-state index contributed by atoms with van der Waals surface area (Å²) in [5.41, 5.74) is 2.44. The Labute approximate surface area is 203 Å². The van der Waals surface area contributed by atoms with Gasteiger partial charge in [-0.2, -0.15) is 0 Å². The van der Waals surface area contributed by atoms with E-state index in [4.69, 9.17) is 11.6 Å². The third kappa shape index (κ3) is 6.65. The zero-order valence-electron chi connectivity index (χ0n) is 19.1. The van der Waals surface area contributed by atoms with Crippen LogP contribution in [0.1, 0.15) is 46.6 Å². The van der Waals surface area contributed by atoms with Crippen molar-refractivity contribution in [2.24, 2.45) is 0 Å². The van der Waals surface area contributed by atoms with Crippen molar-refractivity contribution in [2.45, 2.75) is 46.3 Å². The smallest absolute Gasteiger partial charge is 0.254 e. The lowest BCUT2D eigenvalue weighted by molar-refractivity contribution is -0.133. The minimum Gasteiger partial charge on any atom is -0.332 e. The van der Waals surface area contributed by atoms with Gasteiger partial charge in [0.25, 0.3) is 5.91 Å². The number of carbonyl (C=O) groups is 2. The lowest BCUT2D eigenvalue weighted by Gasteiger charge is -2.31. The monoisotopic (exact) mass is 486 g/mol. The first kappa shape index (κ1) is 24.9. The Morgan fingerprint density at radius 2 is 1.70 bits per heavy atom. The largest absolute Gasteiger partial charge is 0.332 e. The van der Waals surface area contributed by atoms with Crippen molar-refractivity contribution in [3.63, 3.8) is 0 Å². The quantitative estimate of drug-likeness (QED) is 0.355. The Hall–Kier alpha value is -2.70. The first-order valence-corrected chi connectivity index (χ1v) is 12.2. The fourth-order valence-corrected chi connectivity index (χ4v) is 4.48. The van der Waals surface area contributed by atoms with Gasteiger partial charge in [0, 0.05) is 28.0 Å². The molecule has 3 aromatic rings. The fraction of sp³-hybridized carbons (Fsp3) is 0.308. The second kappa shape index (κ2) is 11.4. The van der Waals surface area contributed by atoms with E-state index < -0.39 is 0 Å². The van der Waals surface area contributed by atoms with Gasteiger partial charge in [-0.1, -0.05) is 30.7 Å². The highest BCUT2D eigenvalue weighted by atomic mass is 35.5. The summed E-state index contributed by atoms with van der Waals surface area (Å²) in [7, 11) is 0. The minimum atomic E-state index is -0.317. The van der Waals surface area contributed by atoms with Crippen molar-refractivity contribution in [1.82, 2.24) is 9.80 Å². The Bertz CT molecular complexity index is 1080. The van der Waals surface area contributed by atoms with Crippen LogP contribution >= 0.6 is 22.9 Å². The lowest BCUT2D eigenvalue weighted by atomic mass is 10.1. The number of benzene rings is 2. The molecule has 1 unspecified atom stereocenters. The van der Waals surface area contributed by atoms with Gasteiger partial charge in [0.15, 0.2) is 0 Å². The molecule has 1 atom stereocenters. The first-order chi connectivity index (χ1) is 15.8. The van der Waals surface area contributed by atoms with Gasteiger partial charge in [0.1, 0.15) is 12.4 Å². The molecule has 33 heavy (non-hydrogen) atoms. The Morgan fingerprint density at radius 3 is 2.27 bits per heavy atom. The highest BCUT2D eigenvalue weighted by molar-refractivity contribution is 7.10. The van der Waals surface area contributed by atoms with E-state index in [0.717, 1.165) is 16.0 Å². The van der Waals surface area contributed by atoms with E-state index in [0.29, 0.717) is 30.1 Å². The zero-order valence-corrected chi connectivity index (χ0v) is 20.6. The van der Waals surface area contributed by atoms with Gasteiger partial charge in [-0.15, -0.1) is 11.3 Å². The lowest BCUT2D eigenvalue weighted by Crippen LogP contribution is -2.46. The number of thiophene rings is 1. The summed E-state index contributed by atoms with van der Waals surface area (Å²) in [6.07, 6.45) is 0.717. The third-order valence-electron chi connectivity index (χ3n) is 5.72. The van der Waals surface area contributed by atoms with Crippen LogP contribution in [-0.2, 0) is 17.9 Å². The zero-order chi connectivity index (χ0) is 24.0. The maximum Gasteiger partial charge on any atom is 0.254 e. The molecule has 0 fully saturated rings. The predicted octanol–water partition coefficient (Wildman–Crippen LogP) is 6.32. The van der Waals surface area contributed by atoms with Crippen LogP contribution in [0, 0.1) is 12.7 Å². The molecule has 0 N–H and O–H groups in total. The van der Waals surface area contributed by atoms with Crippen molar-refractivity contribution in [2.75, 3.05) is 6.54 Å². The molecule has 0 aliphatic carbocycles. The molecule has 174 valence electrons. The van der Waals surface area contributed by atoms with E-state index >= 15 is 0 Å². The SMILES string of the molecule is CCC(C)N(CC(=O)N(Cc1ccc(F)cc1)Cc1sccc1C)C(=O)c1ccc(Cl)cc1. The topological polar surface area (TPSA) is 40.6 Å². The van der Waals surface area contributed by atoms with Gasteiger partial charge in [0.2, 0.25) is 5.91 Å². The number of nitrogens with zero attached hydrogens (tertiary/aromatic N) is 2. The predicted molar refractivity (Wildman–Crippen MR) is 132 cm³/mol. The molecule has 1 aromatic heterocycles. The highest BCUT2D eigenvalue weighted by Gasteiger charge is 2.26. The molecular formula is C26H28ClFN2O2S. The van der Waals surface area contributed by atoms with Gasteiger partial charge in [-0.05, 0) is 79.2 Å². The molecule has 0 saturated heterocycles. The second-order valence-corrected chi connectivity index (χ2v) is 9.54. The first-order valence-electron chi connectivity index (χ1n) is 10.9. The van der Waals surface area contributed by atoms with Gasteiger partial charge in [-0.3, -0.25) is 9.59 Å².